The third-order valence-electron chi connectivity index (χ3n) is 7.83. The van der Waals surface area contributed by atoms with Gasteiger partial charge in [-0.15, -0.1) is 0 Å². The van der Waals surface area contributed by atoms with E-state index >= 15 is 0 Å². The Morgan fingerprint density at radius 1 is 1.21 bits per heavy atom. The number of amides is 1. The molecule has 0 fully saturated rings. The fourth-order valence-corrected chi connectivity index (χ4v) is 5.32. The molecule has 0 spiro atoms. The van der Waals surface area contributed by atoms with Crippen molar-refractivity contribution in [2.75, 3.05) is 11.1 Å². The highest BCUT2D eigenvalue weighted by Crippen LogP contribution is 2.45. The van der Waals surface area contributed by atoms with E-state index in [0.29, 0.717) is 51.3 Å². The highest BCUT2D eigenvalue weighted by atomic mass is 35.5. The summed E-state index contributed by atoms with van der Waals surface area (Å²) in [4.78, 5) is 38.5. The number of nitrogens with one attached hydrogen (secondary N) is 1. The number of anilines is 2. The SMILES string of the molecule is CC(C)(CCc1coc(C2(C)C(=O)Nc3nc(-c4nn(Cc5cccc(F)c5)c5cc(Cl)ccc45)nc(N)c32)n1)C(=O)O. The number of carboxylic acid groups (broad SMARTS) is 1. The normalized spacial score (nSPS) is 16.4. The number of aromatic nitrogens is 5. The Morgan fingerprint density at radius 2 is 2.00 bits per heavy atom. The van der Waals surface area contributed by atoms with Crippen LogP contribution >= 0.6 is 11.6 Å². The van der Waals surface area contributed by atoms with Crippen LogP contribution in [0.1, 0.15) is 49.9 Å². The zero-order chi connectivity index (χ0) is 30.7. The molecule has 0 saturated heterocycles. The fraction of sp³-hybridized carbons (Fsp3) is 0.267. The summed E-state index contributed by atoms with van der Waals surface area (Å²) >= 11 is 6.30. The molecule has 1 aliphatic rings. The zero-order valence-electron chi connectivity index (χ0n) is 23.5. The van der Waals surface area contributed by atoms with E-state index in [-0.39, 0.29) is 35.7 Å². The summed E-state index contributed by atoms with van der Waals surface area (Å²) < 4.78 is 21.3. The maximum Gasteiger partial charge on any atom is 0.309 e. The molecule has 0 bridgehead atoms. The number of carboxylic acids is 1. The van der Waals surface area contributed by atoms with E-state index in [1.807, 2.05) is 0 Å². The number of carbonyl (C=O) groups excluding carboxylic acids is 1. The monoisotopic (exact) mass is 603 g/mol. The van der Waals surface area contributed by atoms with E-state index in [2.05, 4.69) is 20.3 Å². The van der Waals surface area contributed by atoms with Gasteiger partial charge in [0.05, 0.1) is 28.7 Å². The van der Waals surface area contributed by atoms with Gasteiger partial charge in [-0.1, -0.05) is 23.7 Å². The Balaban J connectivity index is 1.38. The van der Waals surface area contributed by atoms with Crippen molar-refractivity contribution < 1.29 is 23.5 Å². The Kier molecular flexibility index (Phi) is 6.68. The van der Waals surface area contributed by atoms with Crippen LogP contribution in [0.3, 0.4) is 0 Å². The van der Waals surface area contributed by atoms with Crippen LogP contribution in [0.15, 0.2) is 53.1 Å². The van der Waals surface area contributed by atoms with Crippen molar-refractivity contribution in [2.24, 2.45) is 5.41 Å². The van der Waals surface area contributed by atoms with E-state index in [1.54, 1.807) is 55.8 Å². The van der Waals surface area contributed by atoms with Crippen molar-refractivity contribution in [3.05, 3.63) is 82.3 Å². The first kappa shape index (κ1) is 28.3. The topological polar surface area (TPSA) is 162 Å². The quantitative estimate of drug-likeness (QED) is 0.216. The lowest BCUT2D eigenvalue weighted by atomic mass is 9.84. The molecule has 0 aliphatic carbocycles. The predicted molar refractivity (Wildman–Crippen MR) is 157 cm³/mol. The number of halogens is 2. The van der Waals surface area contributed by atoms with Gasteiger partial charge in [0.15, 0.2) is 11.2 Å². The molecule has 11 nitrogen and oxygen atoms in total. The number of nitrogen functional groups attached to an aromatic ring is 1. The molecule has 1 atom stereocenters. The smallest absolute Gasteiger partial charge is 0.309 e. The number of carbonyl (C=O) groups is 2. The minimum atomic E-state index is -1.43. The number of oxazole rings is 1. The molecule has 0 radical (unpaired) electrons. The number of hydrogen-bond donors (Lipinski definition) is 3. The first-order chi connectivity index (χ1) is 20.4. The average molecular weight is 604 g/mol. The molecule has 4 N–H and O–H groups in total. The van der Waals surface area contributed by atoms with Crippen LogP contribution in [-0.4, -0.2) is 41.7 Å². The number of benzene rings is 2. The van der Waals surface area contributed by atoms with E-state index in [4.69, 9.17) is 26.9 Å². The molecule has 220 valence electrons. The van der Waals surface area contributed by atoms with Crippen molar-refractivity contribution >= 4 is 46.0 Å². The highest BCUT2D eigenvalue weighted by molar-refractivity contribution is 6.31. The van der Waals surface area contributed by atoms with Crippen LogP contribution in [-0.2, 0) is 28.0 Å². The van der Waals surface area contributed by atoms with Crippen LogP contribution in [0.25, 0.3) is 22.4 Å². The minimum absolute atomic E-state index is 0.0365. The van der Waals surface area contributed by atoms with Gasteiger partial charge in [-0.05, 0) is 69.5 Å². The van der Waals surface area contributed by atoms with Crippen molar-refractivity contribution in [2.45, 2.75) is 45.6 Å². The van der Waals surface area contributed by atoms with E-state index < -0.39 is 22.7 Å². The second kappa shape index (κ2) is 10.2. The van der Waals surface area contributed by atoms with Gasteiger partial charge in [0.1, 0.15) is 29.4 Å². The molecule has 13 heteroatoms. The molecule has 0 saturated carbocycles. The molecule has 43 heavy (non-hydrogen) atoms. The molecule has 1 unspecified atom stereocenters. The summed E-state index contributed by atoms with van der Waals surface area (Å²) in [5, 5.41) is 18.1. The molecule has 5 aromatic rings. The molecule has 1 aliphatic heterocycles. The van der Waals surface area contributed by atoms with Gasteiger partial charge in [-0.2, -0.15) is 5.10 Å². The van der Waals surface area contributed by atoms with Crippen LogP contribution in [0.5, 0.6) is 0 Å². The molecular formula is C30H27ClFN7O4. The Labute approximate surface area is 249 Å². The number of aliphatic carboxylic acids is 1. The molecule has 6 rings (SSSR count). The third kappa shape index (κ3) is 4.87. The number of rotatable bonds is 8. The first-order valence-electron chi connectivity index (χ1n) is 13.5. The Bertz CT molecular complexity index is 1940. The third-order valence-corrected chi connectivity index (χ3v) is 8.07. The molecule has 1 amide bonds. The van der Waals surface area contributed by atoms with Crippen molar-refractivity contribution in [3.8, 4) is 11.5 Å². The van der Waals surface area contributed by atoms with Gasteiger partial charge < -0.3 is 20.6 Å². The van der Waals surface area contributed by atoms with Gasteiger partial charge in [0.25, 0.3) is 0 Å². The van der Waals surface area contributed by atoms with Crippen LogP contribution in [0.2, 0.25) is 5.02 Å². The van der Waals surface area contributed by atoms with Crippen LogP contribution in [0.4, 0.5) is 16.0 Å². The maximum atomic E-state index is 13.9. The number of aryl methyl sites for hydroxylation is 1. The summed E-state index contributed by atoms with van der Waals surface area (Å²) in [5.74, 6) is -1.22. The number of nitrogens with two attached hydrogens (primary N) is 1. The molecule has 3 aromatic heterocycles. The van der Waals surface area contributed by atoms with Gasteiger partial charge in [-0.3, -0.25) is 14.3 Å². The first-order valence-corrected chi connectivity index (χ1v) is 13.8. The molecule has 4 heterocycles. The lowest BCUT2D eigenvalue weighted by Crippen LogP contribution is -2.33. The predicted octanol–water partition coefficient (Wildman–Crippen LogP) is 5.21. The summed E-state index contributed by atoms with van der Waals surface area (Å²) in [6, 6.07) is 11.5. The molecule has 2 aromatic carbocycles. The van der Waals surface area contributed by atoms with E-state index in [0.717, 1.165) is 0 Å². The second-order valence-electron chi connectivity index (χ2n) is 11.4. The maximum absolute atomic E-state index is 13.9. The van der Waals surface area contributed by atoms with Gasteiger partial charge >= 0.3 is 5.97 Å². The van der Waals surface area contributed by atoms with Crippen molar-refractivity contribution in [1.82, 2.24) is 24.7 Å². The van der Waals surface area contributed by atoms with E-state index in [1.165, 1.54) is 18.4 Å². The number of fused-ring (bicyclic) bond motifs is 2. The largest absolute Gasteiger partial charge is 0.481 e. The summed E-state index contributed by atoms with van der Waals surface area (Å²) in [5.41, 5.74) is 6.71. The number of hydrogen-bond acceptors (Lipinski definition) is 8. The minimum Gasteiger partial charge on any atom is -0.481 e. The van der Waals surface area contributed by atoms with Gasteiger partial charge in [0.2, 0.25) is 11.8 Å². The average Bonchev–Trinajstić information content (AvgIpc) is 3.63. The van der Waals surface area contributed by atoms with E-state index in [9.17, 15) is 19.1 Å². The lowest BCUT2D eigenvalue weighted by Gasteiger charge is -2.19. The zero-order valence-corrected chi connectivity index (χ0v) is 24.2. The standard InChI is InChI=1S/C30H27ClFN7O4/c1-29(2,28(41)42)10-9-18-14-43-27(34-18)30(3)21-23(33)35-25(36-24(21)37-26(30)40)22-19-8-7-16(31)12-20(19)39(38-22)13-15-5-4-6-17(32)11-15/h4-8,11-12,14H,9-10,13H2,1-3H3,(H,41,42)(H3,33,35,36,37,40). The summed E-state index contributed by atoms with van der Waals surface area (Å²) in [6.07, 6.45) is 2.08. The fourth-order valence-electron chi connectivity index (χ4n) is 5.16. The van der Waals surface area contributed by atoms with Gasteiger partial charge in [0, 0.05) is 10.4 Å². The van der Waals surface area contributed by atoms with Crippen LogP contribution < -0.4 is 11.1 Å². The van der Waals surface area contributed by atoms with Crippen molar-refractivity contribution in [3.63, 3.8) is 0 Å². The molecular weight excluding hydrogens is 577 g/mol. The Morgan fingerprint density at radius 3 is 2.74 bits per heavy atom. The van der Waals surface area contributed by atoms with Gasteiger partial charge in [-0.25, -0.2) is 19.3 Å². The van der Waals surface area contributed by atoms with Crippen molar-refractivity contribution in [1.29, 1.82) is 0 Å². The Hall–Kier alpha value is -4.84. The lowest BCUT2D eigenvalue weighted by molar-refractivity contribution is -0.147. The summed E-state index contributed by atoms with van der Waals surface area (Å²) in [6.45, 7) is 5.15. The highest BCUT2D eigenvalue weighted by Gasteiger charge is 2.51. The van der Waals surface area contributed by atoms with Crippen LogP contribution in [0, 0.1) is 11.2 Å². The second-order valence-corrected chi connectivity index (χ2v) is 11.8. The number of nitrogens with zero attached hydrogens (tertiary/aromatic N) is 5. The summed E-state index contributed by atoms with van der Waals surface area (Å²) in [7, 11) is 0.